The van der Waals surface area contributed by atoms with Gasteiger partial charge in [-0.25, -0.2) is 0 Å². The molecule has 1 aromatic heterocycles. The number of hydrogen-bond acceptors (Lipinski definition) is 4. The van der Waals surface area contributed by atoms with Crippen molar-refractivity contribution in [1.29, 1.82) is 0 Å². The molecule has 25 heavy (non-hydrogen) atoms. The lowest BCUT2D eigenvalue weighted by atomic mass is 9.88. The normalized spacial score (nSPS) is 29.2. The Labute approximate surface area is 156 Å². The van der Waals surface area contributed by atoms with E-state index in [1.165, 1.54) is 43.6 Å². The van der Waals surface area contributed by atoms with E-state index in [-0.39, 0.29) is 0 Å². The van der Waals surface area contributed by atoms with Gasteiger partial charge in [-0.1, -0.05) is 13.0 Å². The molecule has 2 fully saturated rings. The van der Waals surface area contributed by atoms with Gasteiger partial charge in [0.15, 0.2) is 5.96 Å². The Hall–Kier alpha value is -1.11. The van der Waals surface area contributed by atoms with E-state index in [9.17, 15) is 0 Å². The average Bonchev–Trinajstić information content (AvgIpc) is 3.29. The van der Waals surface area contributed by atoms with E-state index >= 15 is 0 Å². The van der Waals surface area contributed by atoms with E-state index in [0.717, 1.165) is 19.6 Å². The topological polar surface area (TPSA) is 56.9 Å². The van der Waals surface area contributed by atoms with Crippen LogP contribution in [0.5, 0.6) is 0 Å². The Balaban J connectivity index is 1.54. The van der Waals surface area contributed by atoms with Crippen LogP contribution in [0, 0.1) is 5.92 Å². The molecule has 0 amide bonds. The summed E-state index contributed by atoms with van der Waals surface area (Å²) in [5.41, 5.74) is 6.16. The molecule has 0 spiro atoms. The fourth-order valence-electron chi connectivity index (χ4n) is 4.40. The molecule has 0 radical (unpaired) electrons. The summed E-state index contributed by atoms with van der Waals surface area (Å²) in [5.74, 6) is 1.16. The number of likely N-dealkylation sites (N-methyl/N-ethyl adjacent to an activating group) is 1. The van der Waals surface area contributed by atoms with Crippen LogP contribution in [0.4, 0.5) is 0 Å². The lowest BCUT2D eigenvalue weighted by molar-refractivity contribution is 0.128. The van der Waals surface area contributed by atoms with Gasteiger partial charge < -0.3 is 11.1 Å². The highest BCUT2D eigenvalue weighted by atomic mass is 32.1. The highest BCUT2D eigenvalue weighted by molar-refractivity contribution is 7.10. The second-order valence-corrected chi connectivity index (χ2v) is 8.35. The third-order valence-corrected chi connectivity index (χ3v) is 6.70. The zero-order valence-corrected chi connectivity index (χ0v) is 16.5. The second kappa shape index (κ2) is 9.01. The van der Waals surface area contributed by atoms with Crippen molar-refractivity contribution >= 4 is 17.3 Å². The Morgan fingerprint density at radius 1 is 1.36 bits per heavy atom. The van der Waals surface area contributed by atoms with Crippen LogP contribution in [0.1, 0.15) is 43.5 Å². The highest BCUT2D eigenvalue weighted by Gasteiger charge is 2.31. The summed E-state index contributed by atoms with van der Waals surface area (Å²) < 4.78 is 0. The third-order valence-electron chi connectivity index (χ3n) is 5.76. The van der Waals surface area contributed by atoms with Gasteiger partial charge in [-0.05, 0) is 69.7 Å². The minimum absolute atomic E-state index is 0.482. The Morgan fingerprint density at radius 3 is 2.96 bits per heavy atom. The lowest BCUT2D eigenvalue weighted by Gasteiger charge is -2.38. The number of nitrogens with zero attached hydrogens (tertiary/aromatic N) is 3. The molecule has 3 N–H and O–H groups in total. The highest BCUT2D eigenvalue weighted by Crippen LogP contribution is 2.37. The van der Waals surface area contributed by atoms with Crippen molar-refractivity contribution < 1.29 is 0 Å². The zero-order chi connectivity index (χ0) is 17.6. The molecule has 3 rings (SSSR count). The first-order chi connectivity index (χ1) is 12.2. The summed E-state index contributed by atoms with van der Waals surface area (Å²) in [6.07, 6.45) is 5.05. The van der Waals surface area contributed by atoms with Crippen molar-refractivity contribution in [2.45, 2.75) is 44.7 Å². The standard InChI is InChI=1S/C19H33N5S/c1-3-24-11-5-8-16(24)14-22-19(20)21-13-15-7-4-10-23(2)18(15)17-9-6-12-25-17/h6,9,12,15-16,18H,3-5,7-8,10-11,13-14H2,1-2H3,(H3,20,21,22). The smallest absolute Gasteiger partial charge is 0.188 e. The van der Waals surface area contributed by atoms with E-state index in [1.54, 1.807) is 0 Å². The maximum absolute atomic E-state index is 6.16. The Kier molecular flexibility index (Phi) is 6.73. The van der Waals surface area contributed by atoms with Crippen LogP contribution in [0.2, 0.25) is 0 Å². The molecular weight excluding hydrogens is 330 g/mol. The predicted molar refractivity (Wildman–Crippen MR) is 107 cm³/mol. The van der Waals surface area contributed by atoms with Crippen LogP contribution in [0.3, 0.4) is 0 Å². The fourth-order valence-corrected chi connectivity index (χ4v) is 5.38. The first kappa shape index (κ1) is 18.7. The molecule has 1 aromatic rings. The summed E-state index contributed by atoms with van der Waals surface area (Å²) in [6, 6.07) is 5.50. The molecule has 3 heterocycles. The van der Waals surface area contributed by atoms with E-state index in [1.807, 2.05) is 11.3 Å². The summed E-state index contributed by atoms with van der Waals surface area (Å²) in [7, 11) is 2.24. The minimum atomic E-state index is 0.482. The number of nitrogens with one attached hydrogen (secondary N) is 1. The molecule has 2 aliphatic heterocycles. The second-order valence-electron chi connectivity index (χ2n) is 7.37. The molecule has 0 aromatic carbocycles. The van der Waals surface area contributed by atoms with Crippen molar-refractivity contribution in [3.05, 3.63) is 22.4 Å². The molecule has 0 bridgehead atoms. The van der Waals surface area contributed by atoms with Crippen molar-refractivity contribution in [3.63, 3.8) is 0 Å². The SMILES string of the molecule is CCN1CCCC1CNC(N)=NCC1CCCN(C)C1c1cccs1. The minimum Gasteiger partial charge on any atom is -0.370 e. The maximum Gasteiger partial charge on any atom is 0.188 e. The number of piperidine rings is 1. The van der Waals surface area contributed by atoms with Crippen molar-refractivity contribution in [2.75, 3.05) is 39.8 Å². The first-order valence-corrected chi connectivity index (χ1v) is 10.6. The number of guanidine groups is 1. The number of likely N-dealkylation sites (tertiary alicyclic amines) is 2. The van der Waals surface area contributed by atoms with E-state index in [4.69, 9.17) is 10.7 Å². The number of aliphatic imine (C=N–C) groups is 1. The Morgan fingerprint density at radius 2 is 2.20 bits per heavy atom. The summed E-state index contributed by atoms with van der Waals surface area (Å²) in [5, 5.41) is 5.54. The molecule has 0 saturated carbocycles. The predicted octanol–water partition coefficient (Wildman–Crippen LogP) is 2.52. The van der Waals surface area contributed by atoms with Crippen LogP contribution in [0.15, 0.2) is 22.5 Å². The zero-order valence-electron chi connectivity index (χ0n) is 15.7. The van der Waals surface area contributed by atoms with Crippen LogP contribution in [-0.2, 0) is 0 Å². The third kappa shape index (κ3) is 4.74. The maximum atomic E-state index is 6.16. The van der Waals surface area contributed by atoms with E-state index < -0.39 is 0 Å². The lowest BCUT2D eigenvalue weighted by Crippen LogP contribution is -2.43. The molecule has 3 atom stereocenters. The van der Waals surface area contributed by atoms with Gasteiger partial charge in [-0.2, -0.15) is 0 Å². The van der Waals surface area contributed by atoms with Gasteiger partial charge in [0.05, 0.1) is 0 Å². The largest absolute Gasteiger partial charge is 0.370 e. The first-order valence-electron chi connectivity index (χ1n) is 9.70. The van der Waals surface area contributed by atoms with E-state index in [2.05, 4.69) is 46.6 Å². The van der Waals surface area contributed by atoms with Crippen molar-refractivity contribution in [2.24, 2.45) is 16.6 Å². The molecule has 3 unspecified atom stereocenters. The monoisotopic (exact) mass is 363 g/mol. The molecule has 0 aliphatic carbocycles. The number of nitrogens with two attached hydrogens (primary N) is 1. The van der Waals surface area contributed by atoms with Gasteiger partial charge in [0.2, 0.25) is 0 Å². The van der Waals surface area contributed by atoms with Gasteiger partial charge in [0.1, 0.15) is 0 Å². The summed E-state index contributed by atoms with van der Waals surface area (Å²) in [4.78, 5) is 11.2. The van der Waals surface area contributed by atoms with Crippen molar-refractivity contribution in [3.8, 4) is 0 Å². The van der Waals surface area contributed by atoms with E-state index in [0.29, 0.717) is 24.0 Å². The van der Waals surface area contributed by atoms with Crippen LogP contribution in [0.25, 0.3) is 0 Å². The quantitative estimate of drug-likeness (QED) is 0.602. The van der Waals surface area contributed by atoms with Crippen molar-refractivity contribution in [1.82, 2.24) is 15.1 Å². The molecular formula is C19H33N5S. The van der Waals surface area contributed by atoms with Crippen LogP contribution >= 0.6 is 11.3 Å². The number of hydrogen-bond donors (Lipinski definition) is 2. The van der Waals surface area contributed by atoms with Crippen LogP contribution < -0.4 is 11.1 Å². The Bertz CT molecular complexity index is 544. The van der Waals surface area contributed by atoms with Gasteiger partial charge in [-0.3, -0.25) is 14.8 Å². The van der Waals surface area contributed by atoms with Gasteiger partial charge >= 0.3 is 0 Å². The summed E-state index contributed by atoms with van der Waals surface area (Å²) in [6.45, 7) is 7.48. The average molecular weight is 364 g/mol. The molecule has 2 saturated heterocycles. The van der Waals surface area contributed by atoms with Gasteiger partial charge in [0, 0.05) is 30.1 Å². The molecule has 5 nitrogen and oxygen atoms in total. The number of thiophene rings is 1. The molecule has 2 aliphatic rings. The number of rotatable bonds is 6. The van der Waals surface area contributed by atoms with Crippen LogP contribution in [-0.4, -0.2) is 61.6 Å². The summed E-state index contributed by atoms with van der Waals surface area (Å²) >= 11 is 1.86. The fraction of sp³-hybridized carbons (Fsp3) is 0.737. The van der Waals surface area contributed by atoms with Gasteiger partial charge in [-0.15, -0.1) is 11.3 Å². The molecule has 6 heteroatoms. The molecule has 140 valence electrons. The van der Waals surface area contributed by atoms with Gasteiger partial charge in [0.25, 0.3) is 0 Å².